The fourth-order valence-corrected chi connectivity index (χ4v) is 1.77. The van der Waals surface area contributed by atoms with Gasteiger partial charge in [0.05, 0.1) is 4.88 Å². The van der Waals surface area contributed by atoms with Crippen molar-refractivity contribution in [1.29, 1.82) is 5.41 Å². The van der Waals surface area contributed by atoms with Gasteiger partial charge in [0, 0.05) is 19.7 Å². The Morgan fingerprint density at radius 2 is 2.18 bits per heavy atom. The number of carbonyl (C=O) groups is 1. The number of hydrogen-bond acceptors (Lipinski definition) is 3. The summed E-state index contributed by atoms with van der Waals surface area (Å²) in [4.78, 5) is 12.1. The molecule has 0 atom stereocenters. The molecule has 0 fully saturated rings. The third-order valence-electron chi connectivity index (χ3n) is 1.65. The minimum atomic E-state index is 0.0431. The zero-order valence-corrected chi connectivity index (χ0v) is 7.58. The van der Waals surface area contributed by atoms with Crippen LogP contribution in [-0.4, -0.2) is 10.4 Å². The second-order valence-electron chi connectivity index (χ2n) is 2.44. The van der Waals surface area contributed by atoms with Crippen LogP contribution in [0, 0.1) is 12.3 Å². The van der Waals surface area contributed by atoms with Crippen LogP contribution in [0.5, 0.6) is 0 Å². The Morgan fingerprint density at radius 3 is 2.36 bits per heavy atom. The first-order chi connectivity index (χ1) is 5.04. The largest absolute Gasteiger partial charge is 0.324 e. The van der Waals surface area contributed by atoms with E-state index in [2.05, 4.69) is 0 Å². The molecule has 0 unspecified atom stereocenters. The van der Waals surface area contributed by atoms with Crippen LogP contribution < -0.4 is 4.80 Å². The summed E-state index contributed by atoms with van der Waals surface area (Å²) < 4.78 is 1.71. The molecule has 0 aliphatic carbocycles. The molecule has 0 aromatic carbocycles. The summed E-state index contributed by atoms with van der Waals surface area (Å²) in [5.74, 6) is 0.0431. The second-order valence-corrected chi connectivity index (χ2v) is 3.44. The van der Waals surface area contributed by atoms with Gasteiger partial charge in [-0.25, -0.2) is 0 Å². The molecular weight excluding hydrogens is 160 g/mol. The summed E-state index contributed by atoms with van der Waals surface area (Å²) in [6.45, 7) is 3.38. The van der Waals surface area contributed by atoms with Crippen LogP contribution in [0.1, 0.15) is 22.3 Å². The molecule has 1 N–H and O–H groups in total. The fourth-order valence-electron chi connectivity index (χ4n) is 0.870. The SMILES string of the molecule is CC(=O)c1sc(=N)n(C)c1C. The van der Waals surface area contributed by atoms with E-state index in [0.29, 0.717) is 9.68 Å². The van der Waals surface area contributed by atoms with E-state index >= 15 is 0 Å². The smallest absolute Gasteiger partial charge is 0.182 e. The Morgan fingerprint density at radius 1 is 1.64 bits per heavy atom. The predicted molar refractivity (Wildman–Crippen MR) is 43.9 cm³/mol. The summed E-state index contributed by atoms with van der Waals surface area (Å²) in [6.07, 6.45) is 0. The quantitative estimate of drug-likeness (QED) is 0.630. The lowest BCUT2D eigenvalue weighted by Crippen LogP contribution is -2.08. The van der Waals surface area contributed by atoms with E-state index in [-0.39, 0.29) is 5.78 Å². The molecule has 11 heavy (non-hydrogen) atoms. The summed E-state index contributed by atoms with van der Waals surface area (Å²) in [5.41, 5.74) is 0.882. The molecule has 0 amide bonds. The van der Waals surface area contributed by atoms with E-state index in [1.54, 1.807) is 11.6 Å². The molecule has 0 bridgehead atoms. The molecule has 1 rings (SSSR count). The highest BCUT2D eigenvalue weighted by Crippen LogP contribution is 2.10. The van der Waals surface area contributed by atoms with Crippen LogP contribution in [0.2, 0.25) is 0 Å². The number of Topliss-reactive ketones (excluding diaryl/α,β-unsaturated/α-hetero) is 1. The Hall–Kier alpha value is -0.900. The Balaban J connectivity index is 3.42. The van der Waals surface area contributed by atoms with Gasteiger partial charge < -0.3 is 4.57 Å². The van der Waals surface area contributed by atoms with Crippen molar-refractivity contribution in [1.82, 2.24) is 4.57 Å². The van der Waals surface area contributed by atoms with Crippen LogP contribution in [0.4, 0.5) is 0 Å². The maximum absolute atomic E-state index is 10.9. The maximum Gasteiger partial charge on any atom is 0.182 e. The van der Waals surface area contributed by atoms with Gasteiger partial charge in [0.25, 0.3) is 0 Å². The molecule has 3 nitrogen and oxygen atoms in total. The van der Waals surface area contributed by atoms with Gasteiger partial charge in [0.15, 0.2) is 10.6 Å². The Kier molecular flexibility index (Phi) is 1.95. The van der Waals surface area contributed by atoms with Crippen LogP contribution in [0.15, 0.2) is 0 Å². The number of nitrogens with one attached hydrogen (secondary N) is 1. The topological polar surface area (TPSA) is 45.9 Å². The van der Waals surface area contributed by atoms with Gasteiger partial charge in [-0.1, -0.05) is 11.3 Å². The van der Waals surface area contributed by atoms with Gasteiger partial charge in [-0.15, -0.1) is 0 Å². The summed E-state index contributed by atoms with van der Waals surface area (Å²) in [5, 5.41) is 7.40. The lowest BCUT2D eigenvalue weighted by molar-refractivity contribution is 0.102. The average molecular weight is 170 g/mol. The van der Waals surface area contributed by atoms with E-state index in [0.717, 1.165) is 5.69 Å². The molecule has 0 aliphatic heterocycles. The van der Waals surface area contributed by atoms with Gasteiger partial charge >= 0.3 is 0 Å². The minimum Gasteiger partial charge on any atom is -0.324 e. The standard InChI is InChI=1S/C7H10N2OS/c1-4-6(5(2)10)11-7(8)9(4)3/h8H,1-3H3. The van der Waals surface area contributed by atoms with Crippen LogP contribution in [-0.2, 0) is 7.05 Å². The van der Waals surface area contributed by atoms with Crippen LogP contribution in [0.25, 0.3) is 0 Å². The molecular formula is C7H10N2OS. The molecule has 0 radical (unpaired) electrons. The normalized spacial score (nSPS) is 10.1. The number of rotatable bonds is 1. The Bertz CT molecular complexity index is 348. The van der Waals surface area contributed by atoms with Crippen molar-refractivity contribution in [3.63, 3.8) is 0 Å². The number of aromatic nitrogens is 1. The number of hydrogen-bond donors (Lipinski definition) is 1. The van der Waals surface area contributed by atoms with Crippen molar-refractivity contribution < 1.29 is 4.79 Å². The molecule has 0 saturated carbocycles. The lowest BCUT2D eigenvalue weighted by atomic mass is 10.3. The molecule has 0 saturated heterocycles. The monoisotopic (exact) mass is 170 g/mol. The third kappa shape index (κ3) is 1.26. The first kappa shape index (κ1) is 8.20. The highest BCUT2D eigenvalue weighted by Gasteiger charge is 2.09. The molecule has 0 aliphatic rings. The van der Waals surface area contributed by atoms with E-state index in [9.17, 15) is 4.79 Å². The van der Waals surface area contributed by atoms with E-state index in [1.165, 1.54) is 18.3 Å². The van der Waals surface area contributed by atoms with Gasteiger partial charge in [-0.3, -0.25) is 10.2 Å². The molecule has 1 heterocycles. The van der Waals surface area contributed by atoms with E-state index in [1.807, 2.05) is 6.92 Å². The molecule has 4 heteroatoms. The zero-order chi connectivity index (χ0) is 8.59. The zero-order valence-electron chi connectivity index (χ0n) is 6.76. The average Bonchev–Trinajstić information content (AvgIpc) is 2.17. The van der Waals surface area contributed by atoms with E-state index < -0.39 is 0 Å². The predicted octanol–water partition coefficient (Wildman–Crippen LogP) is 1.08. The molecule has 0 spiro atoms. The lowest BCUT2D eigenvalue weighted by Gasteiger charge is -1.94. The van der Waals surface area contributed by atoms with Gasteiger partial charge in [-0.2, -0.15) is 0 Å². The van der Waals surface area contributed by atoms with Gasteiger partial charge in [0.1, 0.15) is 0 Å². The first-order valence-corrected chi connectivity index (χ1v) is 4.07. The summed E-state index contributed by atoms with van der Waals surface area (Å²) >= 11 is 1.23. The fraction of sp³-hybridized carbons (Fsp3) is 0.429. The van der Waals surface area contributed by atoms with Crippen LogP contribution >= 0.6 is 11.3 Å². The van der Waals surface area contributed by atoms with Crippen molar-refractivity contribution in [2.45, 2.75) is 13.8 Å². The van der Waals surface area contributed by atoms with Crippen molar-refractivity contribution in [2.75, 3.05) is 0 Å². The number of carbonyl (C=O) groups excluding carboxylic acids is 1. The van der Waals surface area contributed by atoms with Crippen molar-refractivity contribution in [3.05, 3.63) is 15.4 Å². The maximum atomic E-state index is 10.9. The number of nitrogens with zero attached hydrogens (tertiary/aromatic N) is 1. The third-order valence-corrected chi connectivity index (χ3v) is 2.91. The number of ketones is 1. The van der Waals surface area contributed by atoms with E-state index in [4.69, 9.17) is 5.41 Å². The minimum absolute atomic E-state index is 0.0431. The van der Waals surface area contributed by atoms with Crippen molar-refractivity contribution in [2.24, 2.45) is 7.05 Å². The van der Waals surface area contributed by atoms with Gasteiger partial charge in [-0.05, 0) is 6.92 Å². The van der Waals surface area contributed by atoms with Crippen molar-refractivity contribution in [3.8, 4) is 0 Å². The first-order valence-electron chi connectivity index (χ1n) is 3.26. The van der Waals surface area contributed by atoms with Crippen molar-refractivity contribution >= 4 is 17.1 Å². The number of thiazole rings is 1. The molecule has 60 valence electrons. The Labute approximate surface area is 68.8 Å². The summed E-state index contributed by atoms with van der Waals surface area (Å²) in [6, 6.07) is 0. The van der Waals surface area contributed by atoms with Gasteiger partial charge in [0.2, 0.25) is 0 Å². The highest BCUT2D eigenvalue weighted by molar-refractivity contribution is 7.11. The second kappa shape index (κ2) is 2.62. The highest BCUT2D eigenvalue weighted by atomic mass is 32.1. The van der Waals surface area contributed by atoms with Crippen LogP contribution in [0.3, 0.4) is 0 Å². The molecule has 1 aromatic heterocycles. The summed E-state index contributed by atoms with van der Waals surface area (Å²) in [7, 11) is 1.79. The molecule has 1 aromatic rings.